The largest absolute Gasteiger partial charge is 0.493 e. The summed E-state index contributed by atoms with van der Waals surface area (Å²) in [5.41, 5.74) is 0.369. The third-order valence-electron chi connectivity index (χ3n) is 2.63. The Kier molecular flexibility index (Phi) is 4.10. The quantitative estimate of drug-likeness (QED) is 0.488. The molecule has 0 fully saturated rings. The van der Waals surface area contributed by atoms with Gasteiger partial charge in [0.15, 0.2) is 17.8 Å². The minimum absolute atomic E-state index is 0.0410. The zero-order chi connectivity index (χ0) is 14.5. The number of carbonyl (C=O) groups is 2. The van der Waals surface area contributed by atoms with Gasteiger partial charge in [-0.25, -0.2) is 9.18 Å². The average Bonchev–Trinajstić information content (AvgIpc) is 2.48. The standard InChI is InChI=1S/C15H11FO4/c1-19-13-4-2-3-11(9-17)14(13)20-15(18)10-5-7-12(16)8-6-10/h2-9H,1H3. The summed E-state index contributed by atoms with van der Waals surface area (Å²) >= 11 is 0. The molecule has 0 amide bonds. The van der Waals surface area contributed by atoms with Crippen LogP contribution in [0.15, 0.2) is 42.5 Å². The predicted octanol–water partition coefficient (Wildman–Crippen LogP) is 2.87. The first-order chi connectivity index (χ1) is 9.65. The number of benzene rings is 2. The third kappa shape index (κ3) is 2.83. The topological polar surface area (TPSA) is 52.6 Å². The van der Waals surface area contributed by atoms with E-state index >= 15 is 0 Å². The molecule has 0 heterocycles. The number of aldehydes is 1. The van der Waals surface area contributed by atoms with E-state index in [1.807, 2.05) is 0 Å². The van der Waals surface area contributed by atoms with Gasteiger partial charge in [0.1, 0.15) is 5.82 Å². The molecule has 102 valence electrons. The molecule has 2 aromatic carbocycles. The number of esters is 1. The summed E-state index contributed by atoms with van der Waals surface area (Å²) in [5, 5.41) is 0. The van der Waals surface area contributed by atoms with Gasteiger partial charge < -0.3 is 9.47 Å². The fourth-order valence-electron chi connectivity index (χ4n) is 1.63. The van der Waals surface area contributed by atoms with E-state index in [0.29, 0.717) is 6.29 Å². The number of carbonyl (C=O) groups excluding carboxylic acids is 2. The molecule has 0 N–H and O–H groups in total. The average molecular weight is 274 g/mol. The van der Waals surface area contributed by atoms with Crippen LogP contribution in [0.4, 0.5) is 4.39 Å². The predicted molar refractivity (Wildman–Crippen MR) is 69.7 cm³/mol. The number of rotatable bonds is 4. The van der Waals surface area contributed by atoms with Crippen molar-refractivity contribution in [1.29, 1.82) is 0 Å². The van der Waals surface area contributed by atoms with E-state index in [4.69, 9.17) is 9.47 Å². The lowest BCUT2D eigenvalue weighted by molar-refractivity contribution is 0.0728. The monoisotopic (exact) mass is 274 g/mol. The van der Waals surface area contributed by atoms with Crippen LogP contribution in [0.1, 0.15) is 20.7 Å². The molecule has 2 rings (SSSR count). The third-order valence-corrected chi connectivity index (χ3v) is 2.63. The Morgan fingerprint density at radius 1 is 1.15 bits per heavy atom. The van der Waals surface area contributed by atoms with Crippen LogP contribution >= 0.6 is 0 Å². The highest BCUT2D eigenvalue weighted by atomic mass is 19.1. The van der Waals surface area contributed by atoms with E-state index < -0.39 is 11.8 Å². The Bertz CT molecular complexity index is 635. The summed E-state index contributed by atoms with van der Waals surface area (Å²) in [4.78, 5) is 22.9. The molecule has 0 radical (unpaired) electrons. The van der Waals surface area contributed by atoms with E-state index in [-0.39, 0.29) is 22.6 Å². The number of methoxy groups -OCH3 is 1. The molecular formula is C15H11FO4. The zero-order valence-electron chi connectivity index (χ0n) is 10.6. The van der Waals surface area contributed by atoms with Crippen LogP contribution in [0.25, 0.3) is 0 Å². The van der Waals surface area contributed by atoms with Gasteiger partial charge in [0, 0.05) is 0 Å². The van der Waals surface area contributed by atoms with Gasteiger partial charge in [-0.1, -0.05) is 6.07 Å². The molecule has 0 aliphatic carbocycles. The van der Waals surface area contributed by atoms with Crippen LogP contribution in [-0.4, -0.2) is 19.4 Å². The Labute approximate surface area is 114 Å². The van der Waals surface area contributed by atoms with E-state index in [9.17, 15) is 14.0 Å². The molecule has 0 spiro atoms. The van der Waals surface area contributed by atoms with Crippen LogP contribution in [0.5, 0.6) is 11.5 Å². The van der Waals surface area contributed by atoms with Crippen molar-refractivity contribution in [2.24, 2.45) is 0 Å². The molecule has 2 aromatic rings. The highest BCUT2D eigenvalue weighted by Gasteiger charge is 2.16. The molecule has 0 bridgehead atoms. The Morgan fingerprint density at radius 3 is 2.45 bits per heavy atom. The van der Waals surface area contributed by atoms with Gasteiger partial charge in [-0.05, 0) is 36.4 Å². The summed E-state index contributed by atoms with van der Waals surface area (Å²) in [6.07, 6.45) is 0.565. The molecule has 0 saturated carbocycles. The highest BCUT2D eigenvalue weighted by Crippen LogP contribution is 2.30. The Balaban J connectivity index is 2.31. The smallest absolute Gasteiger partial charge is 0.343 e. The van der Waals surface area contributed by atoms with Crippen LogP contribution in [-0.2, 0) is 0 Å². The SMILES string of the molecule is COc1cccc(C=O)c1OC(=O)c1ccc(F)cc1. The van der Waals surface area contributed by atoms with Crippen molar-refractivity contribution in [3.05, 3.63) is 59.4 Å². The Morgan fingerprint density at radius 2 is 1.85 bits per heavy atom. The van der Waals surface area contributed by atoms with Gasteiger partial charge in [-0.2, -0.15) is 0 Å². The molecule has 0 aliphatic heterocycles. The summed E-state index contributed by atoms with van der Waals surface area (Å²) in [6.45, 7) is 0. The number of para-hydroxylation sites is 1. The van der Waals surface area contributed by atoms with Crippen LogP contribution in [0.3, 0.4) is 0 Å². The summed E-state index contributed by atoms with van der Waals surface area (Å²) in [5.74, 6) is -0.839. The van der Waals surface area contributed by atoms with Crippen molar-refractivity contribution in [3.8, 4) is 11.5 Å². The van der Waals surface area contributed by atoms with Crippen LogP contribution in [0, 0.1) is 5.82 Å². The normalized spacial score (nSPS) is 9.90. The van der Waals surface area contributed by atoms with Gasteiger partial charge in [0.05, 0.1) is 18.2 Å². The van der Waals surface area contributed by atoms with Gasteiger partial charge in [0.2, 0.25) is 0 Å². The fraction of sp³-hybridized carbons (Fsp3) is 0.0667. The van der Waals surface area contributed by atoms with Crippen molar-refractivity contribution in [3.63, 3.8) is 0 Å². The van der Waals surface area contributed by atoms with Crippen molar-refractivity contribution < 1.29 is 23.5 Å². The highest BCUT2D eigenvalue weighted by molar-refractivity contribution is 5.93. The van der Waals surface area contributed by atoms with Gasteiger partial charge in [-0.3, -0.25) is 4.79 Å². The summed E-state index contributed by atoms with van der Waals surface area (Å²) in [7, 11) is 1.40. The van der Waals surface area contributed by atoms with Crippen LogP contribution in [0.2, 0.25) is 0 Å². The van der Waals surface area contributed by atoms with Gasteiger partial charge in [-0.15, -0.1) is 0 Å². The molecule has 0 atom stereocenters. The fourth-order valence-corrected chi connectivity index (χ4v) is 1.63. The zero-order valence-corrected chi connectivity index (χ0v) is 10.6. The second-order valence-corrected chi connectivity index (χ2v) is 3.89. The van der Waals surface area contributed by atoms with E-state index in [1.165, 1.54) is 25.3 Å². The van der Waals surface area contributed by atoms with Crippen molar-refractivity contribution >= 4 is 12.3 Å². The molecule has 0 aromatic heterocycles. The summed E-state index contributed by atoms with van der Waals surface area (Å²) in [6, 6.07) is 9.58. The minimum atomic E-state index is -0.697. The minimum Gasteiger partial charge on any atom is -0.493 e. The summed E-state index contributed by atoms with van der Waals surface area (Å²) < 4.78 is 23.0. The molecule has 20 heavy (non-hydrogen) atoms. The first-order valence-corrected chi connectivity index (χ1v) is 5.75. The van der Waals surface area contributed by atoms with Crippen molar-refractivity contribution in [1.82, 2.24) is 0 Å². The number of halogens is 1. The lowest BCUT2D eigenvalue weighted by Crippen LogP contribution is -2.10. The number of hydrogen-bond donors (Lipinski definition) is 0. The molecular weight excluding hydrogens is 263 g/mol. The number of hydrogen-bond acceptors (Lipinski definition) is 4. The van der Waals surface area contributed by atoms with Crippen molar-refractivity contribution in [2.75, 3.05) is 7.11 Å². The molecule has 4 nitrogen and oxygen atoms in total. The first kappa shape index (κ1) is 13.7. The molecule has 0 unspecified atom stereocenters. The van der Waals surface area contributed by atoms with E-state index in [1.54, 1.807) is 12.1 Å². The van der Waals surface area contributed by atoms with Gasteiger partial charge >= 0.3 is 5.97 Å². The molecule has 0 saturated heterocycles. The first-order valence-electron chi connectivity index (χ1n) is 5.75. The molecule has 5 heteroatoms. The lowest BCUT2D eigenvalue weighted by atomic mass is 10.2. The number of ether oxygens (including phenoxy) is 2. The van der Waals surface area contributed by atoms with E-state index in [2.05, 4.69) is 0 Å². The molecule has 0 aliphatic rings. The van der Waals surface area contributed by atoms with Gasteiger partial charge in [0.25, 0.3) is 0 Å². The maximum absolute atomic E-state index is 12.8. The second kappa shape index (κ2) is 5.97. The second-order valence-electron chi connectivity index (χ2n) is 3.89. The van der Waals surface area contributed by atoms with E-state index in [0.717, 1.165) is 12.1 Å². The van der Waals surface area contributed by atoms with Crippen molar-refractivity contribution in [2.45, 2.75) is 0 Å². The van der Waals surface area contributed by atoms with Crippen LogP contribution < -0.4 is 9.47 Å². The maximum Gasteiger partial charge on any atom is 0.343 e. The lowest BCUT2D eigenvalue weighted by Gasteiger charge is -2.10. The maximum atomic E-state index is 12.8. The Hall–Kier alpha value is -2.69.